The number of benzene rings is 1. The van der Waals surface area contributed by atoms with Crippen LogP contribution in [-0.4, -0.2) is 13.4 Å². The lowest BCUT2D eigenvalue weighted by Gasteiger charge is -2.09. The highest BCUT2D eigenvalue weighted by molar-refractivity contribution is 9.10. The Hall–Kier alpha value is -1.11. The van der Waals surface area contributed by atoms with Crippen LogP contribution in [0.15, 0.2) is 52.1 Å². The maximum absolute atomic E-state index is 12.0. The summed E-state index contributed by atoms with van der Waals surface area (Å²) in [5.74, 6) is 0. The largest absolute Gasteiger partial charge is 0.278 e. The van der Waals surface area contributed by atoms with Crippen LogP contribution in [0.25, 0.3) is 0 Å². The van der Waals surface area contributed by atoms with Crippen molar-refractivity contribution in [2.24, 2.45) is 0 Å². The molecule has 0 spiro atoms. The van der Waals surface area contributed by atoms with Gasteiger partial charge in [0.05, 0.1) is 10.7 Å². The van der Waals surface area contributed by atoms with E-state index in [-0.39, 0.29) is 4.90 Å². The van der Waals surface area contributed by atoms with Gasteiger partial charge in [0, 0.05) is 16.9 Å². The van der Waals surface area contributed by atoms with Crippen molar-refractivity contribution < 1.29 is 8.42 Å². The maximum Gasteiger partial charge on any atom is 0.263 e. The molecule has 1 heterocycles. The van der Waals surface area contributed by atoms with Crippen molar-refractivity contribution in [3.8, 4) is 0 Å². The van der Waals surface area contributed by atoms with Gasteiger partial charge < -0.3 is 0 Å². The quantitative estimate of drug-likeness (QED) is 0.927. The first kappa shape index (κ1) is 13.3. The van der Waals surface area contributed by atoms with Gasteiger partial charge in [-0.05, 0) is 30.3 Å². The average molecular weight is 348 g/mol. The van der Waals surface area contributed by atoms with E-state index in [9.17, 15) is 8.42 Å². The second-order valence-corrected chi connectivity index (χ2v) is 6.42. The summed E-state index contributed by atoms with van der Waals surface area (Å²) in [7, 11) is -3.67. The zero-order valence-electron chi connectivity index (χ0n) is 8.97. The van der Waals surface area contributed by atoms with Crippen molar-refractivity contribution in [3.63, 3.8) is 0 Å². The average Bonchev–Trinajstić information content (AvgIpc) is 2.35. The molecule has 94 valence electrons. The van der Waals surface area contributed by atoms with Crippen LogP contribution in [0.2, 0.25) is 5.02 Å². The Morgan fingerprint density at radius 1 is 1.28 bits per heavy atom. The second kappa shape index (κ2) is 5.26. The van der Waals surface area contributed by atoms with Gasteiger partial charge in [-0.2, -0.15) is 0 Å². The first-order valence-electron chi connectivity index (χ1n) is 4.87. The highest BCUT2D eigenvalue weighted by Gasteiger charge is 2.15. The van der Waals surface area contributed by atoms with Crippen molar-refractivity contribution in [1.82, 2.24) is 4.98 Å². The first-order chi connectivity index (χ1) is 8.49. The molecule has 1 aromatic heterocycles. The number of hydrogen-bond donors (Lipinski definition) is 1. The Labute approximate surface area is 118 Å². The lowest BCUT2D eigenvalue weighted by atomic mass is 10.3. The highest BCUT2D eigenvalue weighted by atomic mass is 79.9. The molecule has 1 aromatic carbocycles. The van der Waals surface area contributed by atoms with E-state index in [1.165, 1.54) is 18.5 Å². The molecule has 1 N–H and O–H groups in total. The molecule has 0 amide bonds. The minimum Gasteiger partial charge on any atom is -0.278 e. The number of nitrogens with one attached hydrogen (secondary N) is 1. The minimum absolute atomic E-state index is 0.0843. The van der Waals surface area contributed by atoms with E-state index in [1.54, 1.807) is 24.3 Å². The molecule has 0 saturated heterocycles. The third-order valence-corrected chi connectivity index (χ3v) is 4.29. The van der Waals surface area contributed by atoms with E-state index in [0.717, 1.165) is 4.47 Å². The second-order valence-electron chi connectivity index (χ2n) is 3.42. The molecule has 4 nitrogen and oxygen atoms in total. The first-order valence-corrected chi connectivity index (χ1v) is 7.52. The molecule has 0 aliphatic rings. The van der Waals surface area contributed by atoms with Crippen LogP contribution in [-0.2, 0) is 10.0 Å². The van der Waals surface area contributed by atoms with Gasteiger partial charge >= 0.3 is 0 Å². The number of aromatic nitrogens is 1. The molecule has 0 aliphatic heterocycles. The predicted octanol–water partition coefficient (Wildman–Crippen LogP) is 3.30. The van der Waals surface area contributed by atoms with Gasteiger partial charge in [-0.3, -0.25) is 9.71 Å². The molecule has 0 bridgehead atoms. The van der Waals surface area contributed by atoms with E-state index < -0.39 is 10.0 Å². The molecule has 0 fully saturated rings. The number of rotatable bonds is 3. The van der Waals surface area contributed by atoms with Crippen LogP contribution in [0, 0.1) is 0 Å². The highest BCUT2D eigenvalue weighted by Crippen LogP contribution is 2.27. The molecule has 0 unspecified atom stereocenters. The van der Waals surface area contributed by atoms with E-state index >= 15 is 0 Å². The summed E-state index contributed by atoms with van der Waals surface area (Å²) in [6.45, 7) is 0. The molecule has 7 heteroatoms. The fraction of sp³-hybridized carbons (Fsp3) is 0. The molecular formula is C11H8BrClN2O2S. The van der Waals surface area contributed by atoms with Crippen molar-refractivity contribution in [2.75, 3.05) is 4.72 Å². The number of anilines is 1. The van der Waals surface area contributed by atoms with Crippen LogP contribution < -0.4 is 4.72 Å². The van der Waals surface area contributed by atoms with Gasteiger partial charge in [0.25, 0.3) is 10.0 Å². The van der Waals surface area contributed by atoms with Crippen LogP contribution >= 0.6 is 27.5 Å². The van der Waals surface area contributed by atoms with E-state index in [0.29, 0.717) is 10.7 Å². The molecule has 0 radical (unpaired) electrons. The molecule has 0 atom stereocenters. The molecule has 0 saturated carbocycles. The summed E-state index contributed by atoms with van der Waals surface area (Å²) in [6.07, 6.45) is 2.78. The molecule has 2 aromatic rings. The molecule has 2 rings (SSSR count). The summed E-state index contributed by atoms with van der Waals surface area (Å²) < 4.78 is 27.2. The summed E-state index contributed by atoms with van der Waals surface area (Å²) in [4.78, 5) is 3.86. The van der Waals surface area contributed by atoms with Gasteiger partial charge in [-0.1, -0.05) is 27.5 Å². The van der Waals surface area contributed by atoms with E-state index in [2.05, 4.69) is 25.6 Å². The Morgan fingerprint density at radius 2 is 2.06 bits per heavy atom. The normalized spacial score (nSPS) is 11.2. The van der Waals surface area contributed by atoms with E-state index in [1.807, 2.05) is 0 Å². The lowest BCUT2D eigenvalue weighted by molar-refractivity contribution is 0.601. The summed E-state index contributed by atoms with van der Waals surface area (Å²) in [6, 6.07) is 7.94. The number of hydrogen-bond acceptors (Lipinski definition) is 3. The SMILES string of the molecule is O=S(=O)(Nc1cc(Br)ccc1Cl)c1cccnc1. The molecule has 18 heavy (non-hydrogen) atoms. The standard InChI is InChI=1S/C11H8BrClN2O2S/c12-8-3-4-10(13)11(6-8)15-18(16,17)9-2-1-5-14-7-9/h1-7,15H. The van der Waals surface area contributed by atoms with Crippen LogP contribution in [0.4, 0.5) is 5.69 Å². The lowest BCUT2D eigenvalue weighted by Crippen LogP contribution is -2.13. The van der Waals surface area contributed by atoms with Gasteiger partial charge in [-0.15, -0.1) is 0 Å². The predicted molar refractivity (Wildman–Crippen MR) is 74.2 cm³/mol. The Bertz CT molecular complexity index is 662. The Kier molecular flexibility index (Phi) is 3.89. The van der Waals surface area contributed by atoms with Gasteiger partial charge in [0.15, 0.2) is 0 Å². The van der Waals surface area contributed by atoms with Gasteiger partial charge in [0.2, 0.25) is 0 Å². The van der Waals surface area contributed by atoms with Crippen LogP contribution in [0.5, 0.6) is 0 Å². The number of nitrogens with zero attached hydrogens (tertiary/aromatic N) is 1. The Morgan fingerprint density at radius 3 is 2.72 bits per heavy atom. The summed E-state index contributed by atoms with van der Waals surface area (Å²) >= 11 is 9.18. The monoisotopic (exact) mass is 346 g/mol. The van der Waals surface area contributed by atoms with Gasteiger partial charge in [-0.25, -0.2) is 8.42 Å². The Balaban J connectivity index is 2.37. The van der Waals surface area contributed by atoms with Crippen molar-refractivity contribution in [3.05, 3.63) is 52.2 Å². The number of halogens is 2. The smallest absolute Gasteiger partial charge is 0.263 e. The van der Waals surface area contributed by atoms with Crippen LogP contribution in [0.3, 0.4) is 0 Å². The topological polar surface area (TPSA) is 59.1 Å². The van der Waals surface area contributed by atoms with Crippen LogP contribution in [0.1, 0.15) is 0 Å². The minimum atomic E-state index is -3.67. The zero-order chi connectivity index (χ0) is 13.2. The number of sulfonamides is 1. The summed E-state index contributed by atoms with van der Waals surface area (Å²) in [5.41, 5.74) is 0.315. The fourth-order valence-electron chi connectivity index (χ4n) is 1.29. The van der Waals surface area contributed by atoms with Crippen molar-refractivity contribution >= 4 is 43.2 Å². The fourth-order valence-corrected chi connectivity index (χ4v) is 2.90. The maximum atomic E-state index is 12.0. The van der Waals surface area contributed by atoms with Crippen molar-refractivity contribution in [2.45, 2.75) is 4.90 Å². The molecule has 0 aliphatic carbocycles. The summed E-state index contributed by atoms with van der Waals surface area (Å²) in [5, 5.41) is 0.325. The zero-order valence-corrected chi connectivity index (χ0v) is 12.1. The van der Waals surface area contributed by atoms with Crippen molar-refractivity contribution in [1.29, 1.82) is 0 Å². The molecular weight excluding hydrogens is 340 g/mol. The van der Waals surface area contributed by atoms with Gasteiger partial charge in [0.1, 0.15) is 4.90 Å². The third kappa shape index (κ3) is 3.01. The van der Waals surface area contributed by atoms with E-state index in [4.69, 9.17) is 11.6 Å². The number of pyridine rings is 1. The third-order valence-electron chi connectivity index (χ3n) is 2.12.